The number of hydrogen-bond donors (Lipinski definition) is 4. The normalized spacial score (nSPS) is 9.80. The molecule has 0 aliphatic carbocycles. The lowest BCUT2D eigenvalue weighted by Crippen LogP contribution is -2.05. The Morgan fingerprint density at radius 1 is 1.13 bits per heavy atom. The molecular weight excluding hydrogens is 364 g/mol. The summed E-state index contributed by atoms with van der Waals surface area (Å²) < 4.78 is 0. The van der Waals surface area contributed by atoms with Crippen LogP contribution in [0.2, 0.25) is 0 Å². The highest BCUT2D eigenvalue weighted by Crippen LogP contribution is 2.08. The number of thioether (sulfide) groups is 2. The second kappa shape index (κ2) is 12.4. The summed E-state index contributed by atoms with van der Waals surface area (Å²) in [5.74, 6) is 1.44. The van der Waals surface area contributed by atoms with Crippen LogP contribution < -0.4 is 11.5 Å². The van der Waals surface area contributed by atoms with E-state index in [1.165, 1.54) is 23.5 Å². The lowest BCUT2D eigenvalue weighted by molar-refractivity contribution is 1.38. The van der Waals surface area contributed by atoms with Gasteiger partial charge in [-0.1, -0.05) is 35.2 Å². The lowest BCUT2D eigenvalue weighted by Gasteiger charge is -1.99. The molecule has 0 unspecified atom stereocenters. The Morgan fingerprint density at radius 3 is 2.00 bits per heavy atom. The van der Waals surface area contributed by atoms with E-state index < -0.39 is 0 Å². The van der Waals surface area contributed by atoms with E-state index in [2.05, 4.69) is 0 Å². The minimum absolute atomic E-state index is 0. The van der Waals surface area contributed by atoms with Crippen molar-refractivity contribution in [3.05, 3.63) is 11.6 Å². The smallest absolute Gasteiger partial charge is 0.151 e. The number of hydrogen-bond acceptors (Lipinski definition) is 4. The van der Waals surface area contributed by atoms with Gasteiger partial charge in [-0.15, -0.1) is 34.0 Å². The Bertz CT molecular complexity index is 233. The van der Waals surface area contributed by atoms with E-state index in [0.29, 0.717) is 5.75 Å². The lowest BCUT2D eigenvalue weighted by atomic mass is 10.3. The average molecular weight is 380 g/mol. The zero-order valence-corrected chi connectivity index (χ0v) is 13.3. The summed E-state index contributed by atoms with van der Waals surface area (Å²) in [5, 5.41) is 14.2. The number of nitrogens with one attached hydrogen (secondary N) is 2. The van der Waals surface area contributed by atoms with Gasteiger partial charge in [-0.2, -0.15) is 0 Å². The van der Waals surface area contributed by atoms with Crippen LogP contribution in [0.5, 0.6) is 0 Å². The van der Waals surface area contributed by atoms with Gasteiger partial charge in [0.1, 0.15) is 0 Å². The molecule has 0 atom stereocenters. The van der Waals surface area contributed by atoms with Gasteiger partial charge in [-0.3, -0.25) is 10.8 Å². The molecule has 6 N–H and O–H groups in total. The Morgan fingerprint density at radius 2 is 1.60 bits per heavy atom. The van der Waals surface area contributed by atoms with Gasteiger partial charge in [-0.25, -0.2) is 0 Å². The second-order valence-corrected chi connectivity index (χ2v) is 4.46. The highest BCUT2D eigenvalue weighted by atomic mass is 79.9. The Hall–Kier alpha value is 0.340. The summed E-state index contributed by atoms with van der Waals surface area (Å²) in [6.45, 7) is 1.97. The number of amidine groups is 2. The summed E-state index contributed by atoms with van der Waals surface area (Å²) in [6, 6.07) is 0. The molecule has 0 saturated carbocycles. The molecule has 0 spiro atoms. The van der Waals surface area contributed by atoms with Crippen molar-refractivity contribution in [2.75, 3.05) is 11.5 Å². The Balaban J connectivity index is -0.000000720. The molecule has 0 amide bonds. The largest absolute Gasteiger partial charge is 0.379 e. The van der Waals surface area contributed by atoms with E-state index in [-0.39, 0.29) is 44.3 Å². The number of rotatable bonds is 4. The molecule has 0 aromatic heterocycles. The molecule has 90 valence electrons. The monoisotopic (exact) mass is 378 g/mol. The molecule has 0 heterocycles. The molecule has 0 rings (SSSR count). The SMILES string of the molecule is Br.Br.CC(=CCSC(=N)N)CSC(=N)N. The maximum Gasteiger partial charge on any atom is 0.151 e. The van der Waals surface area contributed by atoms with E-state index >= 15 is 0 Å². The molecule has 0 aromatic rings. The van der Waals surface area contributed by atoms with Crippen LogP contribution in [-0.2, 0) is 0 Å². The summed E-state index contributed by atoms with van der Waals surface area (Å²) >= 11 is 2.58. The zero-order valence-electron chi connectivity index (χ0n) is 8.28. The van der Waals surface area contributed by atoms with Crippen LogP contribution in [0.1, 0.15) is 6.92 Å². The predicted octanol–water partition coefficient (Wildman–Crippen LogP) is 2.34. The number of halogens is 2. The van der Waals surface area contributed by atoms with Gasteiger partial charge in [0.05, 0.1) is 0 Å². The molecule has 0 radical (unpaired) electrons. The van der Waals surface area contributed by atoms with E-state index in [0.717, 1.165) is 11.3 Å². The molecular formula is C7H16Br2N4S2. The van der Waals surface area contributed by atoms with Gasteiger partial charge in [0.2, 0.25) is 0 Å². The average Bonchev–Trinajstić information content (AvgIpc) is 2.00. The summed E-state index contributed by atoms with van der Waals surface area (Å²) in [6.07, 6.45) is 1.99. The number of nitrogens with two attached hydrogens (primary N) is 2. The first kappa shape index (κ1) is 20.7. The van der Waals surface area contributed by atoms with Gasteiger partial charge in [-0.05, 0) is 6.92 Å². The molecule has 0 aliphatic rings. The Kier molecular flexibility index (Phi) is 17.1. The van der Waals surface area contributed by atoms with Crippen LogP contribution in [0, 0.1) is 10.8 Å². The highest BCUT2D eigenvalue weighted by Gasteiger charge is 1.93. The third-order valence-electron chi connectivity index (χ3n) is 1.13. The van der Waals surface area contributed by atoms with Crippen LogP contribution in [0.4, 0.5) is 0 Å². The Labute approximate surface area is 120 Å². The standard InChI is InChI=1S/C7H14N4S2.2BrH/c1-5(4-13-7(10)11)2-3-12-6(8)9;;/h2H,3-4H2,1H3,(H3,8,9)(H3,10,11);2*1H. The van der Waals surface area contributed by atoms with Gasteiger partial charge >= 0.3 is 0 Å². The van der Waals surface area contributed by atoms with Crippen LogP contribution >= 0.6 is 57.5 Å². The van der Waals surface area contributed by atoms with Crippen molar-refractivity contribution in [2.24, 2.45) is 11.5 Å². The summed E-state index contributed by atoms with van der Waals surface area (Å²) in [4.78, 5) is 0. The van der Waals surface area contributed by atoms with E-state index in [4.69, 9.17) is 22.3 Å². The van der Waals surface area contributed by atoms with Crippen molar-refractivity contribution in [1.29, 1.82) is 10.8 Å². The fraction of sp³-hybridized carbons (Fsp3) is 0.429. The first-order chi connectivity index (χ1) is 6.02. The molecule has 0 bridgehead atoms. The second-order valence-electron chi connectivity index (χ2n) is 2.38. The van der Waals surface area contributed by atoms with E-state index in [9.17, 15) is 0 Å². The predicted molar refractivity (Wildman–Crippen MR) is 83.1 cm³/mol. The third kappa shape index (κ3) is 17.0. The van der Waals surface area contributed by atoms with Crippen LogP contribution in [-0.4, -0.2) is 21.8 Å². The maximum atomic E-state index is 6.99. The van der Waals surface area contributed by atoms with E-state index in [1.54, 1.807) is 0 Å². The molecule has 0 aromatic carbocycles. The van der Waals surface area contributed by atoms with Crippen LogP contribution in [0.15, 0.2) is 11.6 Å². The minimum Gasteiger partial charge on any atom is -0.379 e. The molecule has 0 saturated heterocycles. The van der Waals surface area contributed by atoms with Gasteiger partial charge in [0.15, 0.2) is 10.3 Å². The fourth-order valence-electron chi connectivity index (χ4n) is 0.524. The molecule has 8 heteroatoms. The van der Waals surface area contributed by atoms with Crippen molar-refractivity contribution in [3.8, 4) is 0 Å². The fourth-order valence-corrected chi connectivity index (χ4v) is 1.57. The molecule has 15 heavy (non-hydrogen) atoms. The molecule has 0 fully saturated rings. The van der Waals surface area contributed by atoms with Crippen LogP contribution in [0.25, 0.3) is 0 Å². The van der Waals surface area contributed by atoms with Crippen molar-refractivity contribution >= 4 is 67.8 Å². The minimum atomic E-state index is 0. The molecule has 0 aliphatic heterocycles. The topological polar surface area (TPSA) is 99.7 Å². The van der Waals surface area contributed by atoms with Gasteiger partial charge in [0, 0.05) is 11.5 Å². The first-order valence-electron chi connectivity index (χ1n) is 3.61. The highest BCUT2D eigenvalue weighted by molar-refractivity contribution is 8.93. The van der Waals surface area contributed by atoms with Crippen molar-refractivity contribution < 1.29 is 0 Å². The quantitative estimate of drug-likeness (QED) is 0.342. The van der Waals surface area contributed by atoms with Crippen molar-refractivity contribution in [3.63, 3.8) is 0 Å². The van der Waals surface area contributed by atoms with Gasteiger partial charge < -0.3 is 11.5 Å². The van der Waals surface area contributed by atoms with Gasteiger partial charge in [0.25, 0.3) is 0 Å². The summed E-state index contributed by atoms with van der Waals surface area (Å²) in [7, 11) is 0. The van der Waals surface area contributed by atoms with Crippen molar-refractivity contribution in [2.45, 2.75) is 6.92 Å². The third-order valence-corrected chi connectivity index (χ3v) is 2.68. The van der Waals surface area contributed by atoms with Crippen molar-refractivity contribution in [1.82, 2.24) is 0 Å². The van der Waals surface area contributed by atoms with E-state index in [1.807, 2.05) is 13.0 Å². The zero-order chi connectivity index (χ0) is 10.3. The maximum absolute atomic E-state index is 6.99. The first-order valence-corrected chi connectivity index (χ1v) is 5.58. The summed E-state index contributed by atoms with van der Waals surface area (Å²) in [5.41, 5.74) is 11.5. The van der Waals surface area contributed by atoms with Crippen LogP contribution in [0.3, 0.4) is 0 Å². The molecule has 4 nitrogen and oxygen atoms in total.